The Kier molecular flexibility index (Phi) is 8.17. The highest BCUT2D eigenvalue weighted by Crippen LogP contribution is 2.11. The Morgan fingerprint density at radius 3 is 2.67 bits per heavy atom. The second kappa shape index (κ2) is 9.86. The van der Waals surface area contributed by atoms with Gasteiger partial charge in [-0.3, -0.25) is 10.1 Å². The van der Waals surface area contributed by atoms with Crippen molar-refractivity contribution in [1.29, 1.82) is 0 Å². The van der Waals surface area contributed by atoms with Gasteiger partial charge >= 0.3 is 6.09 Å². The molecule has 1 rings (SSSR count). The van der Waals surface area contributed by atoms with Crippen LogP contribution in [0.25, 0.3) is 0 Å². The number of thiazole rings is 1. The molecule has 0 fully saturated rings. The highest BCUT2D eigenvalue weighted by molar-refractivity contribution is 7.13. The molecule has 0 aromatic carbocycles. The van der Waals surface area contributed by atoms with Crippen LogP contribution in [0.2, 0.25) is 0 Å². The molecule has 134 valence electrons. The van der Waals surface area contributed by atoms with Crippen LogP contribution >= 0.6 is 11.3 Å². The van der Waals surface area contributed by atoms with Crippen LogP contribution in [0.1, 0.15) is 40.0 Å². The summed E-state index contributed by atoms with van der Waals surface area (Å²) < 4.78 is 5.14. The third kappa shape index (κ3) is 8.47. The largest absolute Gasteiger partial charge is 0.444 e. The topological polar surface area (TPSA) is 102 Å². The molecule has 24 heavy (non-hydrogen) atoms. The smallest absolute Gasteiger partial charge is 0.407 e. The third-order valence-electron chi connectivity index (χ3n) is 2.62. The molecular weight excluding hydrogens is 332 g/mol. The summed E-state index contributed by atoms with van der Waals surface area (Å²) in [5, 5.41) is 11.4. The Bertz CT molecular complexity index is 552. The van der Waals surface area contributed by atoms with Crippen molar-refractivity contribution in [3.63, 3.8) is 0 Å². The zero-order valence-electron chi connectivity index (χ0n) is 14.4. The van der Waals surface area contributed by atoms with Crippen LogP contribution in [0.3, 0.4) is 0 Å². The molecule has 2 amide bonds. The number of amides is 2. The van der Waals surface area contributed by atoms with E-state index >= 15 is 0 Å². The number of aromatic nitrogens is 1. The lowest BCUT2D eigenvalue weighted by molar-refractivity contribution is -0.110. The minimum Gasteiger partial charge on any atom is -0.444 e. The minimum atomic E-state index is -0.518. The number of nitrogens with one attached hydrogen (secondary N) is 2. The summed E-state index contributed by atoms with van der Waals surface area (Å²) in [6, 6.07) is 0. The van der Waals surface area contributed by atoms with Gasteiger partial charge in [0.25, 0.3) is 5.91 Å². The number of carbonyl (C=O) groups excluding carboxylic acids is 2. The molecule has 0 aliphatic carbocycles. The first-order valence-electron chi connectivity index (χ1n) is 7.59. The van der Waals surface area contributed by atoms with Gasteiger partial charge in [0, 0.05) is 18.1 Å². The number of hydrogen-bond donors (Lipinski definition) is 2. The summed E-state index contributed by atoms with van der Waals surface area (Å²) in [6.45, 7) is 5.88. The molecule has 0 radical (unpaired) electrons. The van der Waals surface area contributed by atoms with E-state index in [0.29, 0.717) is 30.9 Å². The second-order valence-corrected chi connectivity index (χ2v) is 6.79. The molecule has 0 saturated carbocycles. The van der Waals surface area contributed by atoms with Crippen LogP contribution in [0, 0.1) is 0 Å². The van der Waals surface area contributed by atoms with Crippen molar-refractivity contribution in [2.75, 3.05) is 19.0 Å². The summed E-state index contributed by atoms with van der Waals surface area (Å²) in [5.74, 6) is -0.341. The molecule has 0 spiro atoms. The number of alkyl carbamates (subject to hydrolysis) is 1. The van der Waals surface area contributed by atoms with Crippen LogP contribution in [0.4, 0.5) is 9.93 Å². The number of carbonyl (C=O) groups is 2. The highest BCUT2D eigenvalue weighted by atomic mass is 32.1. The minimum absolute atomic E-state index is 0.282. The summed E-state index contributed by atoms with van der Waals surface area (Å²) in [6.07, 6.45) is 2.95. The number of ether oxygens (including phenoxy) is 1. The summed E-state index contributed by atoms with van der Waals surface area (Å²) >= 11 is 1.33. The highest BCUT2D eigenvalue weighted by Gasteiger charge is 2.16. The number of rotatable bonds is 8. The molecule has 0 saturated heterocycles. The molecule has 0 atom stereocenters. The Hall–Kier alpha value is -2.16. The van der Waals surface area contributed by atoms with E-state index in [4.69, 9.17) is 9.57 Å². The number of anilines is 1. The lowest BCUT2D eigenvalue weighted by Crippen LogP contribution is -2.33. The van der Waals surface area contributed by atoms with Crippen LogP contribution in [0.15, 0.2) is 16.7 Å². The average Bonchev–Trinajstić information content (AvgIpc) is 2.96. The fraction of sp³-hybridized carbons (Fsp3) is 0.600. The van der Waals surface area contributed by atoms with Crippen LogP contribution in [-0.2, 0) is 14.4 Å². The van der Waals surface area contributed by atoms with Crippen molar-refractivity contribution in [1.82, 2.24) is 10.3 Å². The first kappa shape index (κ1) is 19.9. The van der Waals surface area contributed by atoms with E-state index in [2.05, 4.69) is 20.8 Å². The van der Waals surface area contributed by atoms with Crippen molar-refractivity contribution < 1.29 is 19.2 Å². The number of oxime groups is 1. The molecule has 0 aliphatic rings. The van der Waals surface area contributed by atoms with Gasteiger partial charge in [0.15, 0.2) is 5.13 Å². The van der Waals surface area contributed by atoms with Crippen LogP contribution in [0.5, 0.6) is 0 Å². The van der Waals surface area contributed by atoms with Crippen molar-refractivity contribution in [3.05, 3.63) is 11.6 Å². The van der Waals surface area contributed by atoms with E-state index < -0.39 is 11.7 Å². The standard InChI is InChI=1S/C15H24N4O4S/c1-15(2,3)23-14(21)17-8-6-5-7-11(19-22-4)12(20)18-13-16-9-10-24-13/h9-10H,5-8H2,1-4H3,(H,17,21)(H,16,18,20). The molecule has 0 aliphatic heterocycles. The monoisotopic (exact) mass is 356 g/mol. The predicted molar refractivity (Wildman–Crippen MR) is 93.3 cm³/mol. The molecule has 8 nitrogen and oxygen atoms in total. The maximum absolute atomic E-state index is 12.1. The summed E-state index contributed by atoms with van der Waals surface area (Å²) in [4.78, 5) is 32.3. The van der Waals surface area contributed by atoms with Gasteiger partial charge in [-0.1, -0.05) is 5.16 Å². The van der Waals surface area contributed by atoms with E-state index in [1.54, 1.807) is 32.3 Å². The predicted octanol–water partition coefficient (Wildman–Crippen LogP) is 2.78. The molecule has 0 unspecified atom stereocenters. The first-order chi connectivity index (χ1) is 11.3. The van der Waals surface area contributed by atoms with Gasteiger partial charge in [-0.05, 0) is 40.0 Å². The van der Waals surface area contributed by atoms with Crippen molar-refractivity contribution in [2.45, 2.75) is 45.6 Å². The van der Waals surface area contributed by atoms with Gasteiger partial charge in [-0.2, -0.15) is 0 Å². The maximum Gasteiger partial charge on any atom is 0.407 e. The average molecular weight is 356 g/mol. The number of unbranched alkanes of at least 4 members (excludes halogenated alkanes) is 1. The summed E-state index contributed by atoms with van der Waals surface area (Å²) in [7, 11) is 1.39. The summed E-state index contributed by atoms with van der Waals surface area (Å²) in [5.41, 5.74) is -0.235. The Morgan fingerprint density at radius 1 is 1.33 bits per heavy atom. The fourth-order valence-corrected chi connectivity index (χ4v) is 2.21. The first-order valence-corrected chi connectivity index (χ1v) is 8.47. The van der Waals surface area contributed by atoms with Gasteiger partial charge in [0.2, 0.25) is 0 Å². The van der Waals surface area contributed by atoms with Crippen LogP contribution < -0.4 is 10.6 Å². The van der Waals surface area contributed by atoms with E-state index in [0.717, 1.165) is 0 Å². The molecule has 9 heteroatoms. The SMILES string of the molecule is CON=C(CCCCNC(=O)OC(C)(C)C)C(=O)Nc1nccs1. The molecule has 2 N–H and O–H groups in total. The van der Waals surface area contributed by atoms with E-state index in [-0.39, 0.29) is 11.6 Å². The number of nitrogens with zero attached hydrogens (tertiary/aromatic N) is 2. The maximum atomic E-state index is 12.1. The van der Waals surface area contributed by atoms with Gasteiger partial charge in [0.05, 0.1) is 0 Å². The van der Waals surface area contributed by atoms with Gasteiger partial charge in [-0.25, -0.2) is 9.78 Å². The van der Waals surface area contributed by atoms with Crippen LogP contribution in [-0.4, -0.2) is 42.0 Å². The van der Waals surface area contributed by atoms with Crippen molar-refractivity contribution in [2.24, 2.45) is 5.16 Å². The molecule has 1 aromatic heterocycles. The van der Waals surface area contributed by atoms with Gasteiger partial charge < -0.3 is 14.9 Å². The van der Waals surface area contributed by atoms with Crippen molar-refractivity contribution >= 4 is 34.2 Å². The third-order valence-corrected chi connectivity index (χ3v) is 3.31. The molecule has 1 aromatic rings. The van der Waals surface area contributed by atoms with Crippen molar-refractivity contribution in [3.8, 4) is 0 Å². The molecule has 0 bridgehead atoms. The quantitative estimate of drug-likeness (QED) is 0.424. The van der Waals surface area contributed by atoms with E-state index in [9.17, 15) is 9.59 Å². The van der Waals surface area contributed by atoms with E-state index in [1.807, 2.05) is 0 Å². The van der Waals surface area contributed by atoms with E-state index in [1.165, 1.54) is 18.4 Å². The molecular formula is C15H24N4O4S. The van der Waals surface area contributed by atoms with Gasteiger partial charge in [0.1, 0.15) is 18.4 Å². The Balaban J connectivity index is 2.30. The second-order valence-electron chi connectivity index (χ2n) is 5.90. The fourth-order valence-electron chi connectivity index (χ4n) is 1.69. The Morgan fingerprint density at radius 2 is 2.08 bits per heavy atom. The molecule has 1 heterocycles. The number of hydrogen-bond acceptors (Lipinski definition) is 7. The lowest BCUT2D eigenvalue weighted by atomic mass is 10.1. The zero-order chi connectivity index (χ0) is 18.0. The Labute approximate surface area is 145 Å². The normalized spacial score (nSPS) is 11.8. The van der Waals surface area contributed by atoms with Gasteiger partial charge in [-0.15, -0.1) is 11.3 Å². The lowest BCUT2D eigenvalue weighted by Gasteiger charge is -2.19. The zero-order valence-corrected chi connectivity index (χ0v) is 15.2.